The quantitative estimate of drug-likeness (QED) is 0.284. The summed E-state index contributed by atoms with van der Waals surface area (Å²) in [6, 6.07) is 25.8. The molecule has 40 heavy (non-hydrogen) atoms. The number of carbonyl (C=O) groups excluding carboxylic acids is 1. The summed E-state index contributed by atoms with van der Waals surface area (Å²) in [5.74, 6) is 1.51. The number of ether oxygens (including phenoxy) is 2. The van der Waals surface area contributed by atoms with Gasteiger partial charge in [-0.15, -0.1) is 0 Å². The molecule has 0 saturated carbocycles. The number of benzene rings is 3. The van der Waals surface area contributed by atoms with Gasteiger partial charge in [-0.25, -0.2) is 0 Å². The van der Waals surface area contributed by atoms with Gasteiger partial charge in [0.05, 0.1) is 12.7 Å². The number of carboxylic acid groups (broad SMARTS) is 1. The fraction of sp³-hybridized carbons (Fsp3) is 0.226. The van der Waals surface area contributed by atoms with Gasteiger partial charge in [-0.05, 0) is 58.7 Å². The Morgan fingerprint density at radius 3 is 2.65 bits per heavy atom. The molecule has 3 aromatic carbocycles. The second kappa shape index (κ2) is 11.5. The predicted molar refractivity (Wildman–Crippen MR) is 145 cm³/mol. The van der Waals surface area contributed by atoms with Crippen molar-refractivity contribution in [2.75, 3.05) is 13.1 Å². The van der Waals surface area contributed by atoms with Gasteiger partial charge in [0.1, 0.15) is 11.8 Å². The lowest BCUT2D eigenvalue weighted by molar-refractivity contribution is -0.268. The van der Waals surface area contributed by atoms with Gasteiger partial charge in [-0.1, -0.05) is 53.7 Å². The minimum absolute atomic E-state index is 0.0306. The van der Waals surface area contributed by atoms with Crippen LogP contribution in [-0.4, -0.2) is 45.3 Å². The van der Waals surface area contributed by atoms with Crippen molar-refractivity contribution < 1.29 is 23.9 Å². The Morgan fingerprint density at radius 1 is 1.00 bits per heavy atom. The monoisotopic (exact) mass is 535 g/mol. The molecule has 9 nitrogen and oxygen atoms in total. The highest BCUT2D eigenvalue weighted by Crippen LogP contribution is 2.32. The molecule has 1 saturated heterocycles. The number of aromatic nitrogens is 3. The van der Waals surface area contributed by atoms with E-state index in [9.17, 15) is 9.90 Å². The third-order valence-electron chi connectivity index (χ3n) is 7.15. The SMILES string of the molecule is O=C([O-])N1CCC(c2ccc(OCc3nc(-c4cccnc4)no3)cc2)C(OCc2ccc3ccccc3c2)C1. The number of likely N-dealkylation sites (tertiary alicyclic amines) is 1. The summed E-state index contributed by atoms with van der Waals surface area (Å²) in [6.07, 6.45) is 2.51. The number of pyridine rings is 1. The molecule has 1 fully saturated rings. The molecule has 6 rings (SSSR count). The molecular formula is C31H27N4O5-. The summed E-state index contributed by atoms with van der Waals surface area (Å²) < 4.78 is 17.5. The van der Waals surface area contributed by atoms with Gasteiger partial charge in [-0.2, -0.15) is 4.98 Å². The smallest absolute Gasteiger partial charge is 0.264 e. The summed E-state index contributed by atoms with van der Waals surface area (Å²) in [5.41, 5.74) is 2.87. The summed E-state index contributed by atoms with van der Waals surface area (Å²) in [5, 5.41) is 17.9. The van der Waals surface area contributed by atoms with Crippen LogP contribution >= 0.6 is 0 Å². The van der Waals surface area contributed by atoms with Crippen molar-refractivity contribution in [3.8, 4) is 17.1 Å². The Balaban J connectivity index is 1.11. The van der Waals surface area contributed by atoms with Crippen LogP contribution in [-0.2, 0) is 18.0 Å². The maximum atomic E-state index is 11.6. The van der Waals surface area contributed by atoms with Crippen LogP contribution in [0.3, 0.4) is 0 Å². The van der Waals surface area contributed by atoms with Gasteiger partial charge in [-0.3, -0.25) is 4.98 Å². The molecule has 2 aromatic heterocycles. The number of piperidine rings is 1. The molecular weight excluding hydrogens is 508 g/mol. The normalized spacial score (nSPS) is 17.1. The van der Waals surface area contributed by atoms with E-state index in [4.69, 9.17) is 14.0 Å². The fourth-order valence-corrected chi connectivity index (χ4v) is 5.05. The molecule has 0 aliphatic carbocycles. The van der Waals surface area contributed by atoms with Gasteiger partial charge >= 0.3 is 0 Å². The zero-order chi connectivity index (χ0) is 27.3. The van der Waals surface area contributed by atoms with E-state index in [2.05, 4.69) is 39.4 Å². The zero-order valence-electron chi connectivity index (χ0n) is 21.7. The third kappa shape index (κ3) is 5.79. The first-order valence-corrected chi connectivity index (χ1v) is 13.1. The Hall–Kier alpha value is -4.76. The van der Waals surface area contributed by atoms with Crippen molar-refractivity contribution in [3.05, 3.63) is 108 Å². The molecule has 0 N–H and O–H groups in total. The lowest BCUT2D eigenvalue weighted by Gasteiger charge is -2.40. The molecule has 1 aliphatic rings. The molecule has 3 heterocycles. The zero-order valence-corrected chi connectivity index (χ0v) is 21.7. The predicted octanol–water partition coefficient (Wildman–Crippen LogP) is 4.58. The number of rotatable bonds is 8. The first kappa shape index (κ1) is 25.5. The minimum Gasteiger partial charge on any atom is -0.530 e. The number of hydrogen-bond acceptors (Lipinski definition) is 8. The molecule has 0 bridgehead atoms. The van der Waals surface area contributed by atoms with E-state index < -0.39 is 6.09 Å². The van der Waals surface area contributed by atoms with Crippen molar-refractivity contribution in [3.63, 3.8) is 0 Å². The Bertz CT molecular complexity index is 1590. The number of carbonyl (C=O) groups is 1. The lowest BCUT2D eigenvalue weighted by Crippen LogP contribution is -2.51. The number of fused-ring (bicyclic) bond motifs is 1. The lowest BCUT2D eigenvalue weighted by atomic mass is 9.87. The van der Waals surface area contributed by atoms with Crippen molar-refractivity contribution in [1.82, 2.24) is 20.0 Å². The van der Waals surface area contributed by atoms with Crippen LogP contribution in [0.2, 0.25) is 0 Å². The van der Waals surface area contributed by atoms with Gasteiger partial charge in [0.25, 0.3) is 5.89 Å². The summed E-state index contributed by atoms with van der Waals surface area (Å²) >= 11 is 0. The van der Waals surface area contributed by atoms with E-state index in [1.165, 1.54) is 10.3 Å². The van der Waals surface area contributed by atoms with E-state index in [0.29, 0.717) is 37.0 Å². The third-order valence-corrected chi connectivity index (χ3v) is 7.15. The molecule has 5 aromatic rings. The summed E-state index contributed by atoms with van der Waals surface area (Å²) in [6.45, 7) is 1.18. The first-order chi connectivity index (χ1) is 19.6. The summed E-state index contributed by atoms with van der Waals surface area (Å²) in [7, 11) is 0. The highest BCUT2D eigenvalue weighted by atomic mass is 16.5. The van der Waals surface area contributed by atoms with Gasteiger partial charge in [0.2, 0.25) is 5.82 Å². The van der Waals surface area contributed by atoms with E-state index in [1.54, 1.807) is 12.4 Å². The van der Waals surface area contributed by atoms with Crippen LogP contribution in [0.5, 0.6) is 5.75 Å². The maximum absolute atomic E-state index is 11.6. The Labute approximate surface area is 231 Å². The van der Waals surface area contributed by atoms with E-state index in [1.807, 2.05) is 54.6 Å². The average Bonchev–Trinajstić information content (AvgIpc) is 3.49. The minimum atomic E-state index is -1.17. The summed E-state index contributed by atoms with van der Waals surface area (Å²) in [4.78, 5) is 21.4. The molecule has 1 amide bonds. The molecule has 0 radical (unpaired) electrons. The molecule has 2 unspecified atom stereocenters. The van der Waals surface area contributed by atoms with E-state index >= 15 is 0 Å². The number of hydrogen-bond donors (Lipinski definition) is 0. The van der Waals surface area contributed by atoms with Gasteiger partial charge in [0, 0.05) is 37.0 Å². The Kier molecular flexibility index (Phi) is 7.37. The standard InChI is InChI=1S/C31H28N4O5/c36-31(37)35-15-13-27(28(18-35)39-19-21-7-8-22-4-1-2-5-24(22)16-21)23-9-11-26(12-10-23)38-20-29-33-30(34-40-29)25-6-3-14-32-17-25/h1-12,14,16-17,27-28H,13,15,18-20H2,(H,36,37)/p-1. The molecule has 2 atom stereocenters. The van der Waals surface area contributed by atoms with Crippen LogP contribution in [0.4, 0.5) is 4.79 Å². The van der Waals surface area contributed by atoms with Crippen molar-refractivity contribution in [1.29, 1.82) is 0 Å². The van der Waals surface area contributed by atoms with Crippen LogP contribution in [0.15, 0.2) is 95.8 Å². The topological polar surface area (TPSA) is 114 Å². The van der Waals surface area contributed by atoms with Gasteiger partial charge in [0.15, 0.2) is 6.61 Å². The van der Waals surface area contributed by atoms with E-state index in [-0.39, 0.29) is 25.2 Å². The molecule has 9 heteroatoms. The number of nitrogens with zero attached hydrogens (tertiary/aromatic N) is 4. The van der Waals surface area contributed by atoms with E-state index in [0.717, 1.165) is 22.1 Å². The van der Waals surface area contributed by atoms with Crippen LogP contribution in [0.1, 0.15) is 29.4 Å². The number of amides is 1. The second-order valence-corrected chi connectivity index (χ2v) is 9.75. The molecule has 0 spiro atoms. The van der Waals surface area contributed by atoms with Crippen LogP contribution < -0.4 is 9.84 Å². The highest BCUT2D eigenvalue weighted by molar-refractivity contribution is 5.82. The van der Waals surface area contributed by atoms with Crippen molar-refractivity contribution in [2.45, 2.75) is 31.7 Å². The highest BCUT2D eigenvalue weighted by Gasteiger charge is 2.31. The Morgan fingerprint density at radius 2 is 1.85 bits per heavy atom. The fourth-order valence-electron chi connectivity index (χ4n) is 5.05. The maximum Gasteiger partial charge on any atom is 0.264 e. The second-order valence-electron chi connectivity index (χ2n) is 9.75. The molecule has 202 valence electrons. The van der Waals surface area contributed by atoms with Crippen molar-refractivity contribution in [2.24, 2.45) is 0 Å². The first-order valence-electron chi connectivity index (χ1n) is 13.1. The molecule has 1 aliphatic heterocycles. The van der Waals surface area contributed by atoms with Gasteiger partial charge < -0.3 is 28.8 Å². The van der Waals surface area contributed by atoms with Crippen LogP contribution in [0, 0.1) is 0 Å². The van der Waals surface area contributed by atoms with Crippen molar-refractivity contribution >= 4 is 16.9 Å². The average molecular weight is 536 g/mol. The van der Waals surface area contributed by atoms with Crippen LogP contribution in [0.25, 0.3) is 22.2 Å². The largest absolute Gasteiger partial charge is 0.530 e.